The van der Waals surface area contributed by atoms with Gasteiger partial charge in [-0.2, -0.15) is 0 Å². The van der Waals surface area contributed by atoms with Crippen LogP contribution in [0.15, 0.2) is 40.8 Å². The fourth-order valence-corrected chi connectivity index (χ4v) is 2.00. The zero-order chi connectivity index (χ0) is 10.1. The van der Waals surface area contributed by atoms with E-state index in [1.807, 2.05) is 18.2 Å². The van der Waals surface area contributed by atoms with Crippen molar-refractivity contribution >= 4 is 12.4 Å². The third-order valence-electron chi connectivity index (χ3n) is 2.80. The van der Waals surface area contributed by atoms with Gasteiger partial charge >= 0.3 is 0 Å². The maximum atomic E-state index is 5.85. The second-order valence-corrected chi connectivity index (χ2v) is 3.85. The predicted molar refractivity (Wildman–Crippen MR) is 66.8 cm³/mol. The Kier molecular flexibility index (Phi) is 3.32. The molecule has 0 saturated carbocycles. The molecule has 3 heteroatoms. The summed E-state index contributed by atoms with van der Waals surface area (Å²) in [6.07, 6.45) is 1.00. The first-order valence-corrected chi connectivity index (χ1v) is 5.31. The lowest BCUT2D eigenvalue weighted by Gasteiger charge is -2.09. The van der Waals surface area contributed by atoms with Crippen molar-refractivity contribution in [2.24, 2.45) is 0 Å². The maximum Gasteiger partial charge on any atom is 0.134 e. The van der Waals surface area contributed by atoms with Crippen LogP contribution in [0.4, 0.5) is 0 Å². The second kappa shape index (κ2) is 4.73. The van der Waals surface area contributed by atoms with E-state index in [1.54, 1.807) is 0 Å². The highest BCUT2D eigenvalue weighted by molar-refractivity contribution is 5.85. The van der Waals surface area contributed by atoms with Crippen LogP contribution in [0.1, 0.15) is 11.3 Å². The number of hydrogen-bond acceptors (Lipinski definition) is 2. The molecule has 1 aliphatic rings. The Bertz CT molecular complexity index is 441. The molecule has 0 atom stereocenters. The molecule has 0 spiro atoms. The van der Waals surface area contributed by atoms with Crippen LogP contribution in [0.25, 0.3) is 11.3 Å². The molecule has 1 aromatic carbocycles. The van der Waals surface area contributed by atoms with E-state index in [1.165, 1.54) is 5.56 Å². The Labute approximate surface area is 101 Å². The van der Waals surface area contributed by atoms with Gasteiger partial charge in [-0.25, -0.2) is 0 Å². The summed E-state index contributed by atoms with van der Waals surface area (Å²) in [5.41, 5.74) is 2.46. The van der Waals surface area contributed by atoms with Crippen LogP contribution < -0.4 is 5.32 Å². The van der Waals surface area contributed by atoms with Crippen LogP contribution in [0.5, 0.6) is 0 Å². The number of benzene rings is 1. The van der Waals surface area contributed by atoms with Gasteiger partial charge < -0.3 is 9.73 Å². The number of halogens is 1. The van der Waals surface area contributed by atoms with Gasteiger partial charge in [0.1, 0.15) is 11.5 Å². The van der Waals surface area contributed by atoms with Crippen LogP contribution in [0, 0.1) is 0 Å². The fraction of sp³-hybridized carbons (Fsp3) is 0.231. The summed E-state index contributed by atoms with van der Waals surface area (Å²) in [5, 5.41) is 3.35. The molecule has 1 N–H and O–H groups in total. The monoisotopic (exact) mass is 235 g/mol. The molecular weight excluding hydrogens is 222 g/mol. The average molecular weight is 236 g/mol. The third kappa shape index (κ3) is 1.99. The Hall–Kier alpha value is -1.25. The number of hydrogen-bond donors (Lipinski definition) is 1. The van der Waals surface area contributed by atoms with Crippen LogP contribution in [0.3, 0.4) is 0 Å². The number of fused-ring (bicyclic) bond motifs is 1. The van der Waals surface area contributed by atoms with Crippen molar-refractivity contribution in [1.82, 2.24) is 5.32 Å². The SMILES string of the molecule is Cl.c1ccc(-c2cc3c(o2)CCNC3)cc1. The average Bonchev–Trinajstić information content (AvgIpc) is 2.74. The Morgan fingerprint density at radius 3 is 2.69 bits per heavy atom. The van der Waals surface area contributed by atoms with Crippen molar-refractivity contribution in [2.75, 3.05) is 6.54 Å². The van der Waals surface area contributed by atoms with Crippen LogP contribution >= 0.6 is 12.4 Å². The smallest absolute Gasteiger partial charge is 0.134 e. The normalized spacial score (nSPS) is 14.0. The number of nitrogens with one attached hydrogen (secondary N) is 1. The molecule has 0 bridgehead atoms. The van der Waals surface area contributed by atoms with Crippen LogP contribution in [-0.4, -0.2) is 6.54 Å². The van der Waals surface area contributed by atoms with E-state index in [4.69, 9.17) is 4.42 Å². The van der Waals surface area contributed by atoms with Gasteiger partial charge in [0.2, 0.25) is 0 Å². The van der Waals surface area contributed by atoms with Crippen molar-refractivity contribution in [1.29, 1.82) is 0 Å². The molecule has 1 aromatic heterocycles. The molecule has 0 saturated heterocycles. The van der Waals surface area contributed by atoms with Crippen LogP contribution in [0.2, 0.25) is 0 Å². The maximum absolute atomic E-state index is 5.85. The molecule has 84 valence electrons. The van der Waals surface area contributed by atoms with Gasteiger partial charge in [0.15, 0.2) is 0 Å². The lowest BCUT2D eigenvalue weighted by atomic mass is 10.1. The summed E-state index contributed by atoms with van der Waals surface area (Å²) >= 11 is 0. The fourth-order valence-electron chi connectivity index (χ4n) is 2.00. The van der Waals surface area contributed by atoms with Gasteiger partial charge in [0, 0.05) is 30.6 Å². The zero-order valence-electron chi connectivity index (χ0n) is 8.90. The molecule has 16 heavy (non-hydrogen) atoms. The lowest BCUT2D eigenvalue weighted by Crippen LogP contribution is -2.22. The standard InChI is InChI=1S/C13H13NO.ClH/c1-2-4-10(5-3-1)13-8-11-9-14-7-6-12(11)15-13;/h1-5,8,14H,6-7,9H2;1H. The Morgan fingerprint density at radius 1 is 1.12 bits per heavy atom. The minimum absolute atomic E-state index is 0. The third-order valence-corrected chi connectivity index (χ3v) is 2.80. The Morgan fingerprint density at radius 2 is 1.94 bits per heavy atom. The van der Waals surface area contributed by atoms with Crippen molar-refractivity contribution in [2.45, 2.75) is 13.0 Å². The van der Waals surface area contributed by atoms with E-state index < -0.39 is 0 Å². The summed E-state index contributed by atoms with van der Waals surface area (Å²) < 4.78 is 5.85. The zero-order valence-corrected chi connectivity index (χ0v) is 9.72. The number of rotatable bonds is 1. The molecule has 0 radical (unpaired) electrons. The summed E-state index contributed by atoms with van der Waals surface area (Å²) in [7, 11) is 0. The van der Waals surface area contributed by atoms with E-state index in [2.05, 4.69) is 23.5 Å². The largest absolute Gasteiger partial charge is 0.461 e. The molecule has 2 aromatic rings. The minimum atomic E-state index is 0. The molecule has 2 nitrogen and oxygen atoms in total. The minimum Gasteiger partial charge on any atom is -0.461 e. The molecule has 0 amide bonds. The van der Waals surface area contributed by atoms with E-state index in [-0.39, 0.29) is 12.4 Å². The summed E-state index contributed by atoms with van der Waals surface area (Å²) in [5.74, 6) is 2.14. The molecule has 3 rings (SSSR count). The topological polar surface area (TPSA) is 25.2 Å². The molecule has 2 heterocycles. The summed E-state index contributed by atoms with van der Waals surface area (Å²) in [6, 6.07) is 12.4. The first-order chi connectivity index (χ1) is 7.43. The molecule has 0 aliphatic carbocycles. The van der Waals surface area contributed by atoms with Crippen molar-refractivity contribution < 1.29 is 4.42 Å². The molecule has 0 fully saturated rings. The first kappa shape index (κ1) is 11.2. The lowest BCUT2D eigenvalue weighted by molar-refractivity contribution is 0.484. The summed E-state index contributed by atoms with van der Waals surface area (Å²) in [4.78, 5) is 0. The highest BCUT2D eigenvalue weighted by Crippen LogP contribution is 2.27. The Balaban J connectivity index is 0.000000963. The van der Waals surface area contributed by atoms with Crippen molar-refractivity contribution in [3.05, 3.63) is 47.7 Å². The quantitative estimate of drug-likeness (QED) is 0.822. The van der Waals surface area contributed by atoms with E-state index in [0.29, 0.717) is 0 Å². The predicted octanol–water partition coefficient (Wildman–Crippen LogP) is 3.01. The first-order valence-electron chi connectivity index (χ1n) is 5.31. The number of furan rings is 1. The van der Waals surface area contributed by atoms with Crippen molar-refractivity contribution in [3.63, 3.8) is 0 Å². The van der Waals surface area contributed by atoms with Crippen LogP contribution in [-0.2, 0) is 13.0 Å². The van der Waals surface area contributed by atoms with E-state index in [0.717, 1.165) is 36.6 Å². The van der Waals surface area contributed by atoms with Gasteiger partial charge in [0.25, 0.3) is 0 Å². The van der Waals surface area contributed by atoms with E-state index >= 15 is 0 Å². The molecule has 1 aliphatic heterocycles. The van der Waals surface area contributed by atoms with Crippen molar-refractivity contribution in [3.8, 4) is 11.3 Å². The highest BCUT2D eigenvalue weighted by atomic mass is 35.5. The summed E-state index contributed by atoms with van der Waals surface area (Å²) in [6.45, 7) is 1.96. The van der Waals surface area contributed by atoms with E-state index in [9.17, 15) is 0 Å². The second-order valence-electron chi connectivity index (χ2n) is 3.85. The molecule has 0 unspecified atom stereocenters. The van der Waals surface area contributed by atoms with Gasteiger partial charge in [-0.3, -0.25) is 0 Å². The van der Waals surface area contributed by atoms with Gasteiger partial charge in [-0.05, 0) is 6.07 Å². The van der Waals surface area contributed by atoms with Gasteiger partial charge in [-0.1, -0.05) is 30.3 Å². The van der Waals surface area contributed by atoms with Gasteiger partial charge in [-0.15, -0.1) is 12.4 Å². The highest BCUT2D eigenvalue weighted by Gasteiger charge is 2.14. The molecular formula is C13H14ClNO. The van der Waals surface area contributed by atoms with Gasteiger partial charge in [0.05, 0.1) is 0 Å².